The Bertz CT molecular complexity index is 667. The first-order valence-corrected chi connectivity index (χ1v) is 8.97. The van der Waals surface area contributed by atoms with Crippen molar-refractivity contribution in [3.63, 3.8) is 0 Å². The number of hydrogen-bond acceptors (Lipinski definition) is 6. The first-order chi connectivity index (χ1) is 12.2. The van der Waals surface area contributed by atoms with Crippen molar-refractivity contribution >= 4 is 5.95 Å². The van der Waals surface area contributed by atoms with E-state index in [4.69, 9.17) is 4.74 Å². The number of aryl methyl sites for hydroxylation is 1. The summed E-state index contributed by atoms with van der Waals surface area (Å²) in [5.41, 5.74) is 1.26. The molecule has 0 saturated carbocycles. The van der Waals surface area contributed by atoms with Gasteiger partial charge in [-0.3, -0.25) is 4.90 Å². The van der Waals surface area contributed by atoms with Crippen LogP contribution in [0.4, 0.5) is 5.95 Å². The van der Waals surface area contributed by atoms with Crippen molar-refractivity contribution in [2.75, 3.05) is 31.6 Å². The standard InChI is InChI=1S/C18H27N5O2/c1-22-14-16(24)21-18(22)20-7-5-11-25-17-12-15(6-8-19-17)13-23-9-3-2-4-10-23/h6,8,12,14,24H,2-5,7,9-11,13H2,1H3,(H,20,21). The molecule has 0 radical (unpaired) electrons. The lowest BCUT2D eigenvalue weighted by Gasteiger charge is -2.26. The molecule has 7 heteroatoms. The van der Waals surface area contributed by atoms with Crippen molar-refractivity contribution in [1.29, 1.82) is 0 Å². The number of nitrogens with one attached hydrogen (secondary N) is 1. The van der Waals surface area contributed by atoms with Crippen LogP contribution in [0.25, 0.3) is 0 Å². The number of aromatic nitrogens is 3. The fraction of sp³-hybridized carbons (Fsp3) is 0.556. The SMILES string of the molecule is Cn1cc(O)nc1NCCCOc1cc(CN2CCCCC2)ccn1. The maximum absolute atomic E-state index is 9.32. The molecule has 0 amide bonds. The molecule has 3 rings (SSSR count). The van der Waals surface area contributed by atoms with Crippen LogP contribution in [0.1, 0.15) is 31.2 Å². The van der Waals surface area contributed by atoms with Crippen molar-refractivity contribution in [1.82, 2.24) is 19.4 Å². The minimum atomic E-state index is 0.0240. The second-order valence-electron chi connectivity index (χ2n) is 6.50. The van der Waals surface area contributed by atoms with Crippen LogP contribution in [0.3, 0.4) is 0 Å². The van der Waals surface area contributed by atoms with Crippen LogP contribution in [0.2, 0.25) is 0 Å². The summed E-state index contributed by atoms with van der Waals surface area (Å²) in [6.07, 6.45) is 8.17. The Morgan fingerprint density at radius 3 is 2.88 bits per heavy atom. The topological polar surface area (TPSA) is 75.4 Å². The highest BCUT2D eigenvalue weighted by atomic mass is 16.5. The predicted molar refractivity (Wildman–Crippen MR) is 96.8 cm³/mol. The lowest BCUT2D eigenvalue weighted by Crippen LogP contribution is -2.29. The summed E-state index contributed by atoms with van der Waals surface area (Å²) < 4.78 is 7.51. The van der Waals surface area contributed by atoms with Crippen molar-refractivity contribution in [3.05, 3.63) is 30.1 Å². The molecule has 0 aromatic carbocycles. The van der Waals surface area contributed by atoms with E-state index >= 15 is 0 Å². The van der Waals surface area contributed by atoms with Gasteiger partial charge in [-0.25, -0.2) is 4.98 Å². The summed E-state index contributed by atoms with van der Waals surface area (Å²) in [6, 6.07) is 4.11. The summed E-state index contributed by atoms with van der Waals surface area (Å²) in [7, 11) is 1.84. The third kappa shape index (κ3) is 5.35. The molecular formula is C18H27N5O2. The first kappa shape index (κ1) is 17.5. The van der Waals surface area contributed by atoms with Gasteiger partial charge in [0.05, 0.1) is 12.8 Å². The molecule has 0 aliphatic carbocycles. The zero-order chi connectivity index (χ0) is 17.5. The number of anilines is 1. The van der Waals surface area contributed by atoms with Gasteiger partial charge in [0, 0.05) is 32.4 Å². The number of aromatic hydroxyl groups is 1. The minimum absolute atomic E-state index is 0.0240. The number of likely N-dealkylation sites (tertiary alicyclic amines) is 1. The van der Waals surface area contributed by atoms with Crippen LogP contribution in [-0.2, 0) is 13.6 Å². The van der Waals surface area contributed by atoms with E-state index in [-0.39, 0.29) is 5.88 Å². The maximum Gasteiger partial charge on any atom is 0.230 e. The van der Waals surface area contributed by atoms with E-state index in [1.807, 2.05) is 19.3 Å². The first-order valence-electron chi connectivity index (χ1n) is 8.97. The van der Waals surface area contributed by atoms with Gasteiger partial charge in [0.25, 0.3) is 0 Å². The summed E-state index contributed by atoms with van der Waals surface area (Å²) in [6.45, 7) is 4.66. The Kier molecular flexibility index (Phi) is 6.11. The van der Waals surface area contributed by atoms with E-state index in [0.717, 1.165) is 19.5 Å². The fourth-order valence-corrected chi connectivity index (χ4v) is 3.07. The number of imidazole rings is 1. The lowest BCUT2D eigenvalue weighted by atomic mass is 10.1. The van der Waals surface area contributed by atoms with E-state index in [1.54, 1.807) is 10.8 Å². The Morgan fingerprint density at radius 1 is 1.28 bits per heavy atom. The molecule has 0 unspecified atom stereocenters. The zero-order valence-electron chi connectivity index (χ0n) is 14.8. The second-order valence-corrected chi connectivity index (χ2v) is 6.50. The minimum Gasteiger partial charge on any atom is -0.492 e. The van der Waals surface area contributed by atoms with Crippen molar-refractivity contribution in [2.24, 2.45) is 7.05 Å². The highest BCUT2D eigenvalue weighted by molar-refractivity contribution is 5.30. The molecule has 2 aromatic heterocycles. The molecule has 0 spiro atoms. The molecule has 136 valence electrons. The molecule has 2 aromatic rings. The van der Waals surface area contributed by atoms with Gasteiger partial charge in [-0.1, -0.05) is 6.42 Å². The molecule has 7 nitrogen and oxygen atoms in total. The highest BCUT2D eigenvalue weighted by Crippen LogP contribution is 2.16. The predicted octanol–water partition coefficient (Wildman–Crippen LogP) is 2.39. The van der Waals surface area contributed by atoms with Crippen LogP contribution < -0.4 is 10.1 Å². The average Bonchev–Trinajstić information content (AvgIpc) is 2.93. The number of pyridine rings is 1. The average molecular weight is 345 g/mol. The molecule has 1 aliphatic heterocycles. The van der Waals surface area contributed by atoms with Crippen molar-refractivity contribution in [3.8, 4) is 11.8 Å². The molecule has 1 saturated heterocycles. The molecule has 0 atom stereocenters. The van der Waals surface area contributed by atoms with E-state index in [9.17, 15) is 5.11 Å². The molecule has 1 fully saturated rings. The van der Waals surface area contributed by atoms with Crippen LogP contribution >= 0.6 is 0 Å². The van der Waals surface area contributed by atoms with Gasteiger partial charge in [0.2, 0.25) is 17.7 Å². The quantitative estimate of drug-likeness (QED) is 0.716. The van der Waals surface area contributed by atoms with Crippen LogP contribution in [-0.4, -0.2) is 50.8 Å². The van der Waals surface area contributed by atoms with E-state index < -0.39 is 0 Å². The molecule has 3 heterocycles. The summed E-state index contributed by atoms with van der Waals surface area (Å²) in [4.78, 5) is 10.8. The fourth-order valence-electron chi connectivity index (χ4n) is 3.07. The van der Waals surface area contributed by atoms with E-state index in [1.165, 1.54) is 37.9 Å². The number of nitrogens with zero attached hydrogens (tertiary/aromatic N) is 4. The van der Waals surface area contributed by atoms with Crippen LogP contribution in [0.5, 0.6) is 11.8 Å². The second kappa shape index (κ2) is 8.71. The lowest BCUT2D eigenvalue weighted by molar-refractivity contribution is 0.220. The summed E-state index contributed by atoms with van der Waals surface area (Å²) in [5.74, 6) is 1.36. The van der Waals surface area contributed by atoms with Gasteiger partial charge in [-0.15, -0.1) is 0 Å². The van der Waals surface area contributed by atoms with E-state index in [0.29, 0.717) is 18.4 Å². The smallest absolute Gasteiger partial charge is 0.230 e. The van der Waals surface area contributed by atoms with Crippen molar-refractivity contribution in [2.45, 2.75) is 32.2 Å². The Morgan fingerprint density at radius 2 is 2.12 bits per heavy atom. The van der Waals surface area contributed by atoms with Gasteiger partial charge in [0.15, 0.2) is 0 Å². The van der Waals surface area contributed by atoms with Gasteiger partial charge in [0.1, 0.15) is 0 Å². The Hall–Kier alpha value is -2.28. The third-order valence-electron chi connectivity index (χ3n) is 4.37. The van der Waals surface area contributed by atoms with Gasteiger partial charge in [-0.05, 0) is 44.0 Å². The molecule has 2 N–H and O–H groups in total. The largest absolute Gasteiger partial charge is 0.492 e. The third-order valence-corrected chi connectivity index (χ3v) is 4.37. The van der Waals surface area contributed by atoms with Crippen LogP contribution in [0, 0.1) is 0 Å². The Balaban J connectivity index is 1.39. The maximum atomic E-state index is 9.32. The number of piperidine rings is 1. The Labute approximate surface area is 148 Å². The highest BCUT2D eigenvalue weighted by Gasteiger charge is 2.11. The van der Waals surface area contributed by atoms with Gasteiger partial charge < -0.3 is 19.7 Å². The number of ether oxygens (including phenoxy) is 1. The van der Waals surface area contributed by atoms with Gasteiger partial charge in [-0.2, -0.15) is 4.98 Å². The summed E-state index contributed by atoms with van der Waals surface area (Å²) in [5, 5.41) is 12.5. The number of hydrogen-bond donors (Lipinski definition) is 2. The zero-order valence-corrected chi connectivity index (χ0v) is 14.8. The molecule has 1 aliphatic rings. The van der Waals surface area contributed by atoms with Gasteiger partial charge >= 0.3 is 0 Å². The normalized spacial score (nSPS) is 15.2. The summed E-state index contributed by atoms with van der Waals surface area (Å²) >= 11 is 0. The monoisotopic (exact) mass is 345 g/mol. The molecule has 0 bridgehead atoms. The number of rotatable bonds is 8. The van der Waals surface area contributed by atoms with E-state index in [2.05, 4.69) is 26.3 Å². The molecular weight excluding hydrogens is 318 g/mol. The van der Waals surface area contributed by atoms with Crippen LogP contribution in [0.15, 0.2) is 24.5 Å². The molecule has 25 heavy (non-hydrogen) atoms. The van der Waals surface area contributed by atoms with Crippen molar-refractivity contribution < 1.29 is 9.84 Å².